The maximum Gasteiger partial charge on any atom is 0.276 e. The second-order valence-electron chi connectivity index (χ2n) is 7.22. The monoisotopic (exact) mass is 353 g/mol. The first-order valence-electron chi connectivity index (χ1n) is 9.20. The van der Waals surface area contributed by atoms with Crippen molar-refractivity contribution in [2.24, 2.45) is 0 Å². The number of carbonyl (C=O) groups is 2. The predicted molar refractivity (Wildman–Crippen MR) is 97.2 cm³/mol. The van der Waals surface area contributed by atoms with E-state index in [1.165, 1.54) is 0 Å². The number of hydrogen-bond acceptors (Lipinski definition) is 4. The van der Waals surface area contributed by atoms with Crippen LogP contribution in [-0.4, -0.2) is 41.0 Å². The summed E-state index contributed by atoms with van der Waals surface area (Å²) >= 11 is 0. The normalized spacial score (nSPS) is 20.2. The molecule has 6 heteroatoms. The Morgan fingerprint density at radius 1 is 1.23 bits per heavy atom. The smallest absolute Gasteiger partial charge is 0.276 e. The quantitative estimate of drug-likeness (QED) is 0.833. The highest BCUT2D eigenvalue weighted by atomic mass is 16.5. The van der Waals surface area contributed by atoms with Gasteiger partial charge in [-0.3, -0.25) is 9.59 Å². The van der Waals surface area contributed by atoms with Crippen LogP contribution < -0.4 is 4.90 Å². The average molecular weight is 353 g/mol. The van der Waals surface area contributed by atoms with Crippen molar-refractivity contribution in [3.05, 3.63) is 46.8 Å². The summed E-state index contributed by atoms with van der Waals surface area (Å²) in [6.07, 6.45) is 3.78. The number of carbonyl (C=O) groups excluding carboxylic acids is 2. The van der Waals surface area contributed by atoms with Crippen molar-refractivity contribution >= 4 is 17.5 Å². The third-order valence-corrected chi connectivity index (χ3v) is 5.34. The molecule has 1 unspecified atom stereocenters. The van der Waals surface area contributed by atoms with Crippen molar-refractivity contribution in [2.75, 3.05) is 18.0 Å². The summed E-state index contributed by atoms with van der Waals surface area (Å²) in [5, 5.41) is 4.02. The van der Waals surface area contributed by atoms with Crippen LogP contribution in [0.4, 0.5) is 5.69 Å². The largest absolute Gasteiger partial charge is 0.360 e. The van der Waals surface area contributed by atoms with Gasteiger partial charge in [0.2, 0.25) is 5.91 Å². The molecular formula is C20H23N3O3. The molecule has 1 aromatic heterocycles. The van der Waals surface area contributed by atoms with Gasteiger partial charge in [-0.25, -0.2) is 0 Å². The van der Waals surface area contributed by atoms with Crippen LogP contribution >= 0.6 is 0 Å². The van der Waals surface area contributed by atoms with Crippen molar-refractivity contribution in [1.82, 2.24) is 10.1 Å². The first kappa shape index (κ1) is 16.8. The first-order valence-corrected chi connectivity index (χ1v) is 9.20. The van der Waals surface area contributed by atoms with Crippen LogP contribution in [0.2, 0.25) is 0 Å². The molecule has 136 valence electrons. The molecule has 2 amide bonds. The van der Waals surface area contributed by atoms with E-state index in [1.54, 1.807) is 9.80 Å². The van der Waals surface area contributed by atoms with E-state index in [-0.39, 0.29) is 24.4 Å². The third kappa shape index (κ3) is 2.79. The van der Waals surface area contributed by atoms with E-state index < -0.39 is 0 Å². The van der Waals surface area contributed by atoms with Crippen LogP contribution in [-0.2, 0) is 17.6 Å². The van der Waals surface area contributed by atoms with E-state index in [4.69, 9.17) is 4.52 Å². The number of benzene rings is 1. The molecule has 0 N–H and O–H groups in total. The molecule has 1 saturated heterocycles. The van der Waals surface area contributed by atoms with E-state index in [0.29, 0.717) is 12.2 Å². The number of piperazine rings is 1. The molecular weight excluding hydrogens is 330 g/mol. The Bertz CT molecular complexity index is 858. The van der Waals surface area contributed by atoms with E-state index >= 15 is 0 Å². The molecule has 1 aromatic carbocycles. The van der Waals surface area contributed by atoms with Gasteiger partial charge in [0.1, 0.15) is 12.3 Å². The molecule has 2 heterocycles. The number of anilines is 1. The van der Waals surface area contributed by atoms with Gasteiger partial charge in [0.05, 0.1) is 6.04 Å². The minimum absolute atomic E-state index is 0.0660. The topological polar surface area (TPSA) is 66.7 Å². The second kappa shape index (κ2) is 6.59. The summed E-state index contributed by atoms with van der Waals surface area (Å²) in [4.78, 5) is 29.2. The van der Waals surface area contributed by atoms with Crippen LogP contribution in [0.15, 0.2) is 28.8 Å². The van der Waals surface area contributed by atoms with Crippen LogP contribution in [0.5, 0.6) is 0 Å². The van der Waals surface area contributed by atoms with E-state index in [0.717, 1.165) is 48.3 Å². The molecule has 0 radical (unpaired) electrons. The van der Waals surface area contributed by atoms with Gasteiger partial charge in [-0.2, -0.15) is 0 Å². The van der Waals surface area contributed by atoms with Crippen molar-refractivity contribution < 1.29 is 14.1 Å². The third-order valence-electron chi connectivity index (χ3n) is 5.34. The average Bonchev–Trinajstić information content (AvgIpc) is 3.06. The lowest BCUT2D eigenvalue weighted by atomic mass is 9.96. The van der Waals surface area contributed by atoms with Crippen molar-refractivity contribution in [3.8, 4) is 0 Å². The molecule has 6 nitrogen and oxygen atoms in total. The first-order chi connectivity index (χ1) is 12.6. The Morgan fingerprint density at radius 2 is 2.00 bits per heavy atom. The van der Waals surface area contributed by atoms with Crippen LogP contribution in [0, 0.1) is 6.92 Å². The molecule has 1 aliphatic heterocycles. The lowest BCUT2D eigenvalue weighted by molar-refractivity contribution is -0.121. The Morgan fingerprint density at radius 3 is 2.77 bits per heavy atom. The van der Waals surface area contributed by atoms with E-state index in [1.807, 2.05) is 38.1 Å². The fraction of sp³-hybridized carbons (Fsp3) is 0.450. The van der Waals surface area contributed by atoms with Crippen LogP contribution in [0.1, 0.15) is 47.1 Å². The summed E-state index contributed by atoms with van der Waals surface area (Å²) in [6, 6.07) is 7.75. The Labute approximate surface area is 152 Å². The Kier molecular flexibility index (Phi) is 4.26. The van der Waals surface area contributed by atoms with E-state index in [2.05, 4.69) is 5.16 Å². The fourth-order valence-electron chi connectivity index (χ4n) is 4.01. The molecule has 2 aliphatic rings. The molecule has 1 aliphatic carbocycles. The van der Waals surface area contributed by atoms with Crippen molar-refractivity contribution in [2.45, 2.75) is 45.6 Å². The van der Waals surface area contributed by atoms with Crippen molar-refractivity contribution in [1.29, 1.82) is 0 Å². The summed E-state index contributed by atoms with van der Waals surface area (Å²) in [5.74, 6) is 0.572. The van der Waals surface area contributed by atoms with Crippen molar-refractivity contribution in [3.63, 3.8) is 0 Å². The zero-order valence-electron chi connectivity index (χ0n) is 15.2. The molecule has 1 fully saturated rings. The number of amides is 2. The minimum atomic E-state index is -0.193. The molecule has 0 saturated carbocycles. The minimum Gasteiger partial charge on any atom is -0.360 e. The molecule has 0 spiro atoms. The summed E-state index contributed by atoms with van der Waals surface area (Å²) in [5.41, 5.74) is 3.29. The van der Waals surface area contributed by atoms with Gasteiger partial charge in [0, 0.05) is 24.2 Å². The maximum absolute atomic E-state index is 13.0. The van der Waals surface area contributed by atoms with Gasteiger partial charge >= 0.3 is 0 Å². The maximum atomic E-state index is 13.0. The zero-order chi connectivity index (χ0) is 18.3. The number of hydrogen-bond donors (Lipinski definition) is 0. The van der Waals surface area contributed by atoms with Crippen LogP contribution in [0.3, 0.4) is 0 Å². The molecule has 0 bridgehead atoms. The van der Waals surface area contributed by atoms with Crippen LogP contribution in [0.25, 0.3) is 0 Å². The van der Waals surface area contributed by atoms with Gasteiger partial charge in [0.15, 0.2) is 5.69 Å². The van der Waals surface area contributed by atoms with Gasteiger partial charge in [-0.05, 0) is 44.7 Å². The molecule has 26 heavy (non-hydrogen) atoms. The lowest BCUT2D eigenvalue weighted by Gasteiger charge is -2.39. The van der Waals surface area contributed by atoms with Gasteiger partial charge in [-0.1, -0.05) is 23.4 Å². The van der Waals surface area contributed by atoms with E-state index in [9.17, 15) is 9.59 Å². The van der Waals surface area contributed by atoms with Gasteiger partial charge in [0.25, 0.3) is 5.91 Å². The Balaban J connectivity index is 1.56. The highest BCUT2D eigenvalue weighted by Crippen LogP contribution is 2.28. The lowest BCUT2D eigenvalue weighted by Crippen LogP contribution is -2.57. The second-order valence-corrected chi connectivity index (χ2v) is 7.22. The summed E-state index contributed by atoms with van der Waals surface area (Å²) in [7, 11) is 0. The molecule has 4 rings (SSSR count). The highest BCUT2D eigenvalue weighted by molar-refractivity contribution is 6.02. The summed E-state index contributed by atoms with van der Waals surface area (Å²) in [6.45, 7) is 4.52. The van der Waals surface area contributed by atoms with Gasteiger partial charge < -0.3 is 14.3 Å². The highest BCUT2D eigenvalue weighted by Gasteiger charge is 2.36. The fourth-order valence-corrected chi connectivity index (χ4v) is 4.01. The standard InChI is InChI=1S/C20H23N3O3/c1-13-7-3-5-9-16(13)23-14(2)11-22(12-18(23)24)20(25)19-15-8-4-6-10-17(15)26-21-19/h3,5,7,9,14H,4,6,8,10-12H2,1-2H3. The number of aryl methyl sites for hydroxylation is 2. The van der Waals surface area contributed by atoms with Gasteiger partial charge in [-0.15, -0.1) is 0 Å². The predicted octanol–water partition coefficient (Wildman–Crippen LogP) is 2.74. The number of rotatable bonds is 2. The number of fused-ring (bicyclic) bond motifs is 1. The number of aromatic nitrogens is 1. The zero-order valence-corrected chi connectivity index (χ0v) is 15.2. The molecule has 1 atom stereocenters. The number of para-hydroxylation sites is 1. The molecule has 2 aromatic rings. The number of nitrogens with zero attached hydrogens (tertiary/aromatic N) is 3. The summed E-state index contributed by atoms with van der Waals surface area (Å²) < 4.78 is 5.37. The SMILES string of the molecule is Cc1ccccc1N1C(=O)CN(C(=O)c2noc3c2CCCC3)CC1C. The Hall–Kier alpha value is -2.63.